The van der Waals surface area contributed by atoms with Crippen molar-refractivity contribution in [3.8, 4) is 11.1 Å². The van der Waals surface area contributed by atoms with Crippen LogP contribution in [0.15, 0.2) is 36.4 Å². The summed E-state index contributed by atoms with van der Waals surface area (Å²) in [7, 11) is 0. The Balaban J connectivity index is 2.40. The highest BCUT2D eigenvalue weighted by Gasteiger charge is 2.34. The van der Waals surface area contributed by atoms with Gasteiger partial charge in [-0.15, -0.1) is 0 Å². The van der Waals surface area contributed by atoms with Crippen LogP contribution >= 0.6 is 0 Å². The Morgan fingerprint density at radius 2 is 1.68 bits per heavy atom. The minimum Gasteiger partial charge on any atom is -0.755 e. The van der Waals surface area contributed by atoms with Crippen LogP contribution in [-0.4, -0.2) is 8.76 Å². The van der Waals surface area contributed by atoms with Crippen LogP contribution in [0.25, 0.3) is 11.1 Å². The van der Waals surface area contributed by atoms with Crippen molar-refractivity contribution in [2.45, 2.75) is 6.18 Å². The monoisotopic (exact) mass is 336 g/mol. The van der Waals surface area contributed by atoms with Crippen LogP contribution in [0.4, 0.5) is 27.6 Å². The van der Waals surface area contributed by atoms with Crippen molar-refractivity contribution in [1.29, 1.82) is 0 Å². The summed E-state index contributed by atoms with van der Waals surface area (Å²) in [5.41, 5.74) is -1.77. The van der Waals surface area contributed by atoms with Gasteiger partial charge in [-0.25, -0.2) is 8.78 Å². The molecule has 0 aliphatic rings. The molecule has 1 N–H and O–H groups in total. The quantitative estimate of drug-likeness (QED) is 0.684. The molecule has 0 heterocycles. The first-order chi connectivity index (χ1) is 10.2. The third-order valence-electron chi connectivity index (χ3n) is 2.76. The largest absolute Gasteiger partial charge is 0.755 e. The lowest BCUT2D eigenvalue weighted by Gasteiger charge is -2.12. The molecule has 0 aliphatic carbocycles. The number of alkyl halides is 3. The Morgan fingerprint density at radius 3 is 2.18 bits per heavy atom. The molecule has 0 spiro atoms. The van der Waals surface area contributed by atoms with Crippen LogP contribution in [-0.2, 0) is 17.4 Å². The number of halogens is 5. The predicted octanol–water partition coefficient (Wildman–Crippen LogP) is 3.86. The topological polar surface area (TPSA) is 52.2 Å². The summed E-state index contributed by atoms with van der Waals surface area (Å²) in [6, 6.07) is 5.18. The molecule has 0 aromatic heterocycles. The zero-order chi connectivity index (χ0) is 16.5. The van der Waals surface area contributed by atoms with E-state index < -0.39 is 34.6 Å². The summed E-state index contributed by atoms with van der Waals surface area (Å²) in [5, 5.41) is 0. The second kappa shape index (κ2) is 6.01. The number of benzene rings is 2. The van der Waals surface area contributed by atoms with Crippen LogP contribution in [0.5, 0.6) is 0 Å². The summed E-state index contributed by atoms with van der Waals surface area (Å²) in [6.45, 7) is 0. The van der Waals surface area contributed by atoms with E-state index in [0.717, 1.165) is 18.2 Å². The number of anilines is 1. The Bertz CT molecular complexity index is 733. The minimum absolute atomic E-state index is 0.0676. The van der Waals surface area contributed by atoms with E-state index in [-0.39, 0.29) is 16.8 Å². The molecule has 0 fully saturated rings. The predicted molar refractivity (Wildman–Crippen MR) is 69.3 cm³/mol. The summed E-state index contributed by atoms with van der Waals surface area (Å²) in [5.74, 6) is -2.43. The normalized spacial score (nSPS) is 13.0. The van der Waals surface area contributed by atoms with E-state index in [1.165, 1.54) is 6.07 Å². The van der Waals surface area contributed by atoms with Crippen LogP contribution in [0, 0.1) is 11.6 Å². The highest BCUT2D eigenvalue weighted by molar-refractivity contribution is 7.80. The summed E-state index contributed by atoms with van der Waals surface area (Å²) < 4.78 is 87.5. The molecule has 0 amide bonds. The molecule has 0 saturated carbocycles. The van der Waals surface area contributed by atoms with Crippen molar-refractivity contribution >= 4 is 17.0 Å². The van der Waals surface area contributed by atoms with E-state index in [2.05, 4.69) is 0 Å². The Labute approximate surface area is 124 Å². The van der Waals surface area contributed by atoms with Crippen LogP contribution < -0.4 is 4.72 Å². The maximum atomic E-state index is 13.9. The molecule has 1 unspecified atom stereocenters. The van der Waals surface area contributed by atoms with Crippen LogP contribution in [0.2, 0.25) is 0 Å². The summed E-state index contributed by atoms with van der Waals surface area (Å²) in [6.07, 6.45) is -4.84. The lowest BCUT2D eigenvalue weighted by atomic mass is 10.0. The molecular formula is C13H7F5NO2S-. The first kappa shape index (κ1) is 16.4. The number of rotatable bonds is 3. The summed E-state index contributed by atoms with van der Waals surface area (Å²) in [4.78, 5) is 0. The van der Waals surface area contributed by atoms with Gasteiger partial charge in [-0.05, 0) is 35.9 Å². The molecule has 0 bridgehead atoms. The maximum absolute atomic E-state index is 13.9. The Hall–Kier alpha value is -2.00. The van der Waals surface area contributed by atoms with Crippen LogP contribution in [0.1, 0.15) is 5.56 Å². The van der Waals surface area contributed by atoms with Gasteiger partial charge in [-0.1, -0.05) is 6.07 Å². The molecule has 118 valence electrons. The summed E-state index contributed by atoms with van der Waals surface area (Å²) >= 11 is -2.64. The van der Waals surface area contributed by atoms with E-state index in [1.807, 2.05) is 4.72 Å². The van der Waals surface area contributed by atoms with Gasteiger partial charge in [0.25, 0.3) is 0 Å². The van der Waals surface area contributed by atoms with E-state index >= 15 is 0 Å². The third-order valence-corrected chi connectivity index (χ3v) is 3.16. The second-order valence-electron chi connectivity index (χ2n) is 4.22. The minimum atomic E-state index is -4.84. The van der Waals surface area contributed by atoms with Gasteiger partial charge in [0.1, 0.15) is 11.6 Å². The van der Waals surface area contributed by atoms with E-state index in [4.69, 9.17) is 0 Å². The van der Waals surface area contributed by atoms with Gasteiger partial charge in [0, 0.05) is 22.5 Å². The van der Waals surface area contributed by atoms with Gasteiger partial charge >= 0.3 is 6.18 Å². The second-order valence-corrected chi connectivity index (χ2v) is 4.90. The highest BCUT2D eigenvalue weighted by atomic mass is 32.2. The van der Waals surface area contributed by atoms with Gasteiger partial charge in [0.05, 0.1) is 5.56 Å². The molecule has 1 atom stereocenters. The molecular weight excluding hydrogens is 329 g/mol. The van der Waals surface area contributed by atoms with Gasteiger partial charge < -0.3 is 9.27 Å². The number of hydrogen-bond donors (Lipinski definition) is 1. The molecule has 22 heavy (non-hydrogen) atoms. The SMILES string of the molecule is O=S([O-])Nc1ccc(-c2ccc(C(F)(F)F)c(F)c2)c(F)c1. The van der Waals surface area contributed by atoms with Crippen molar-refractivity contribution in [3.05, 3.63) is 53.6 Å². The molecule has 0 saturated heterocycles. The fourth-order valence-electron chi connectivity index (χ4n) is 1.82. The lowest BCUT2D eigenvalue weighted by Crippen LogP contribution is -2.08. The molecule has 0 radical (unpaired) electrons. The van der Waals surface area contributed by atoms with Crippen molar-refractivity contribution in [2.75, 3.05) is 4.72 Å². The number of nitrogens with one attached hydrogen (secondary N) is 1. The fourth-order valence-corrected chi connectivity index (χ4v) is 2.14. The number of hydrogen-bond acceptors (Lipinski definition) is 2. The average molecular weight is 336 g/mol. The highest BCUT2D eigenvalue weighted by Crippen LogP contribution is 2.34. The molecule has 9 heteroatoms. The average Bonchev–Trinajstić information content (AvgIpc) is 2.36. The smallest absolute Gasteiger partial charge is 0.419 e. The van der Waals surface area contributed by atoms with E-state index in [0.29, 0.717) is 12.1 Å². The van der Waals surface area contributed by atoms with E-state index in [1.54, 1.807) is 0 Å². The van der Waals surface area contributed by atoms with Crippen molar-refractivity contribution < 1.29 is 30.7 Å². The van der Waals surface area contributed by atoms with Crippen molar-refractivity contribution in [1.82, 2.24) is 0 Å². The van der Waals surface area contributed by atoms with Crippen LogP contribution in [0.3, 0.4) is 0 Å². The Kier molecular flexibility index (Phi) is 4.47. The van der Waals surface area contributed by atoms with Crippen molar-refractivity contribution in [3.63, 3.8) is 0 Å². The standard InChI is InChI=1S/C13H8F5NO2S/c14-11-6-8(19-22(20)21)2-3-9(11)7-1-4-10(12(15)5-7)13(16,17)18/h1-6,19H,(H,20,21)/p-1. The zero-order valence-electron chi connectivity index (χ0n) is 10.6. The lowest BCUT2D eigenvalue weighted by molar-refractivity contribution is -0.139. The molecule has 2 aromatic carbocycles. The maximum Gasteiger partial charge on any atom is 0.419 e. The Morgan fingerprint density at radius 1 is 1.00 bits per heavy atom. The third kappa shape index (κ3) is 3.60. The fraction of sp³-hybridized carbons (Fsp3) is 0.0769. The first-order valence-electron chi connectivity index (χ1n) is 5.71. The molecule has 2 aromatic rings. The zero-order valence-corrected chi connectivity index (χ0v) is 11.4. The first-order valence-corrected chi connectivity index (χ1v) is 6.78. The van der Waals surface area contributed by atoms with E-state index in [9.17, 15) is 30.7 Å². The van der Waals surface area contributed by atoms with Gasteiger partial charge in [0.2, 0.25) is 0 Å². The van der Waals surface area contributed by atoms with Gasteiger partial charge in [0.15, 0.2) is 0 Å². The van der Waals surface area contributed by atoms with Crippen molar-refractivity contribution in [2.24, 2.45) is 0 Å². The molecule has 0 aliphatic heterocycles. The molecule has 3 nitrogen and oxygen atoms in total. The molecule has 2 rings (SSSR count). The van der Waals surface area contributed by atoms with Gasteiger partial charge in [-0.2, -0.15) is 13.2 Å². The van der Waals surface area contributed by atoms with Gasteiger partial charge in [-0.3, -0.25) is 4.21 Å².